The summed E-state index contributed by atoms with van der Waals surface area (Å²) in [6.45, 7) is 2.08. The zero-order chi connectivity index (χ0) is 13.9. The molecule has 2 rings (SSSR count). The Kier molecular flexibility index (Phi) is 4.47. The molecule has 1 aromatic carbocycles. The lowest BCUT2D eigenvalue weighted by Gasteiger charge is -2.20. The van der Waals surface area contributed by atoms with Gasteiger partial charge in [0.25, 0.3) is 0 Å². The van der Waals surface area contributed by atoms with Gasteiger partial charge in [0.2, 0.25) is 0 Å². The topological polar surface area (TPSA) is 15.3 Å². The number of hydrogen-bond acceptors (Lipinski definition) is 2. The van der Waals surface area contributed by atoms with Crippen LogP contribution in [0, 0.1) is 0 Å². The molecule has 0 amide bonds. The molecular formula is C14H19F3N2. The van der Waals surface area contributed by atoms with Gasteiger partial charge in [-0.2, -0.15) is 13.2 Å². The van der Waals surface area contributed by atoms with E-state index in [0.29, 0.717) is 11.6 Å². The lowest BCUT2D eigenvalue weighted by atomic mass is 10.1. The van der Waals surface area contributed by atoms with Gasteiger partial charge in [0.15, 0.2) is 0 Å². The fourth-order valence-electron chi connectivity index (χ4n) is 2.56. The van der Waals surface area contributed by atoms with E-state index in [0.717, 1.165) is 25.6 Å². The Morgan fingerprint density at radius 1 is 1.32 bits per heavy atom. The van der Waals surface area contributed by atoms with Crippen molar-refractivity contribution in [2.24, 2.45) is 0 Å². The molecule has 0 bridgehead atoms. The van der Waals surface area contributed by atoms with Gasteiger partial charge in [0.1, 0.15) is 0 Å². The molecule has 1 aliphatic rings. The van der Waals surface area contributed by atoms with Gasteiger partial charge in [-0.05, 0) is 38.1 Å². The Bertz CT molecular complexity index is 417. The van der Waals surface area contributed by atoms with Crippen molar-refractivity contribution < 1.29 is 13.2 Å². The first-order chi connectivity index (χ1) is 8.98. The summed E-state index contributed by atoms with van der Waals surface area (Å²) >= 11 is 0. The van der Waals surface area contributed by atoms with E-state index in [-0.39, 0.29) is 6.54 Å². The average Bonchev–Trinajstić information content (AvgIpc) is 2.75. The number of nitrogens with one attached hydrogen (secondary N) is 1. The molecule has 1 fully saturated rings. The summed E-state index contributed by atoms with van der Waals surface area (Å²) < 4.78 is 38.4. The maximum atomic E-state index is 12.8. The van der Waals surface area contributed by atoms with Crippen LogP contribution in [0.15, 0.2) is 24.3 Å². The Hall–Kier alpha value is -1.07. The van der Waals surface area contributed by atoms with Gasteiger partial charge in [0, 0.05) is 19.1 Å². The zero-order valence-corrected chi connectivity index (χ0v) is 11.0. The monoisotopic (exact) mass is 272 g/mol. The van der Waals surface area contributed by atoms with Crippen molar-refractivity contribution in [3.05, 3.63) is 35.4 Å². The lowest BCUT2D eigenvalue weighted by Crippen LogP contribution is -2.35. The summed E-state index contributed by atoms with van der Waals surface area (Å²) in [5, 5.41) is 3.14. The molecule has 1 N–H and O–H groups in total. The van der Waals surface area contributed by atoms with E-state index >= 15 is 0 Å². The minimum atomic E-state index is -4.28. The number of alkyl halides is 3. The van der Waals surface area contributed by atoms with E-state index in [2.05, 4.69) is 17.3 Å². The largest absolute Gasteiger partial charge is 0.416 e. The Balaban J connectivity index is 1.92. The molecule has 1 saturated heterocycles. The third-order valence-corrected chi connectivity index (χ3v) is 3.69. The van der Waals surface area contributed by atoms with Crippen LogP contribution in [0.3, 0.4) is 0 Å². The van der Waals surface area contributed by atoms with Crippen molar-refractivity contribution in [3.63, 3.8) is 0 Å². The van der Waals surface area contributed by atoms with Crippen LogP contribution < -0.4 is 5.32 Å². The van der Waals surface area contributed by atoms with Crippen LogP contribution in [-0.2, 0) is 12.7 Å². The molecule has 0 radical (unpaired) electrons. The van der Waals surface area contributed by atoms with Gasteiger partial charge < -0.3 is 10.2 Å². The Morgan fingerprint density at radius 2 is 2.05 bits per heavy atom. The molecule has 0 aliphatic carbocycles. The normalized spacial score (nSPS) is 20.9. The quantitative estimate of drug-likeness (QED) is 0.906. The smallest absolute Gasteiger partial charge is 0.311 e. The van der Waals surface area contributed by atoms with Crippen molar-refractivity contribution >= 4 is 0 Å². The zero-order valence-electron chi connectivity index (χ0n) is 11.0. The number of likely N-dealkylation sites (tertiary alicyclic amines) is 1. The van der Waals surface area contributed by atoms with Gasteiger partial charge in [-0.1, -0.05) is 18.2 Å². The van der Waals surface area contributed by atoms with E-state index < -0.39 is 11.7 Å². The standard InChI is InChI=1S/C14H19F3N2/c1-19-8-4-6-12(19)10-18-9-11-5-2-3-7-13(11)14(15,16)17/h2-3,5,7,12,18H,4,6,8-10H2,1H3. The van der Waals surface area contributed by atoms with Crippen LogP contribution in [-0.4, -0.2) is 31.1 Å². The molecule has 19 heavy (non-hydrogen) atoms. The Labute approximate surface area is 111 Å². The molecule has 5 heteroatoms. The highest BCUT2D eigenvalue weighted by Gasteiger charge is 2.32. The van der Waals surface area contributed by atoms with Crippen molar-refractivity contribution in [2.75, 3.05) is 20.1 Å². The highest BCUT2D eigenvalue weighted by Crippen LogP contribution is 2.31. The molecule has 1 aromatic rings. The third-order valence-electron chi connectivity index (χ3n) is 3.69. The van der Waals surface area contributed by atoms with Crippen LogP contribution >= 0.6 is 0 Å². The van der Waals surface area contributed by atoms with Crippen molar-refractivity contribution in [1.82, 2.24) is 10.2 Å². The molecule has 0 aromatic heterocycles. The maximum absolute atomic E-state index is 12.8. The molecule has 1 atom stereocenters. The van der Waals surface area contributed by atoms with E-state index in [4.69, 9.17) is 0 Å². The fourth-order valence-corrected chi connectivity index (χ4v) is 2.56. The second-order valence-electron chi connectivity index (χ2n) is 5.06. The first-order valence-corrected chi connectivity index (χ1v) is 6.54. The van der Waals surface area contributed by atoms with E-state index in [1.807, 2.05) is 0 Å². The predicted molar refractivity (Wildman–Crippen MR) is 68.8 cm³/mol. The summed E-state index contributed by atoms with van der Waals surface area (Å²) in [6, 6.07) is 6.19. The predicted octanol–water partition coefficient (Wildman–Crippen LogP) is 2.89. The third kappa shape index (κ3) is 3.70. The highest BCUT2D eigenvalue weighted by atomic mass is 19.4. The summed E-state index contributed by atoms with van der Waals surface area (Å²) in [6.07, 6.45) is -1.99. The van der Waals surface area contributed by atoms with Gasteiger partial charge in [0.05, 0.1) is 5.56 Å². The van der Waals surface area contributed by atoms with Crippen LogP contribution in [0.4, 0.5) is 13.2 Å². The van der Waals surface area contributed by atoms with Crippen LogP contribution in [0.25, 0.3) is 0 Å². The highest BCUT2D eigenvalue weighted by molar-refractivity contribution is 5.29. The molecule has 106 valence electrons. The van der Waals surface area contributed by atoms with Gasteiger partial charge in [-0.25, -0.2) is 0 Å². The number of likely N-dealkylation sites (N-methyl/N-ethyl adjacent to an activating group) is 1. The summed E-state index contributed by atoms with van der Waals surface area (Å²) in [5.74, 6) is 0. The van der Waals surface area contributed by atoms with E-state index in [1.54, 1.807) is 6.07 Å². The number of nitrogens with zero attached hydrogens (tertiary/aromatic N) is 1. The van der Waals surface area contributed by atoms with E-state index in [1.165, 1.54) is 18.6 Å². The molecule has 1 heterocycles. The average molecular weight is 272 g/mol. The SMILES string of the molecule is CN1CCCC1CNCc1ccccc1C(F)(F)F. The van der Waals surface area contributed by atoms with Crippen molar-refractivity contribution in [3.8, 4) is 0 Å². The number of rotatable bonds is 4. The summed E-state index contributed by atoms with van der Waals surface area (Å²) in [4.78, 5) is 2.25. The molecular weight excluding hydrogens is 253 g/mol. The van der Waals surface area contributed by atoms with Crippen molar-refractivity contribution in [1.29, 1.82) is 0 Å². The van der Waals surface area contributed by atoms with Crippen LogP contribution in [0.1, 0.15) is 24.0 Å². The maximum Gasteiger partial charge on any atom is 0.416 e. The van der Waals surface area contributed by atoms with Crippen LogP contribution in [0.5, 0.6) is 0 Å². The molecule has 0 saturated carbocycles. The summed E-state index contributed by atoms with van der Waals surface area (Å²) in [5.41, 5.74) is -0.224. The van der Waals surface area contributed by atoms with Crippen LogP contribution in [0.2, 0.25) is 0 Å². The lowest BCUT2D eigenvalue weighted by molar-refractivity contribution is -0.138. The van der Waals surface area contributed by atoms with Gasteiger partial charge in [-0.3, -0.25) is 0 Å². The van der Waals surface area contributed by atoms with Crippen molar-refractivity contribution in [2.45, 2.75) is 31.6 Å². The number of benzene rings is 1. The van der Waals surface area contributed by atoms with Gasteiger partial charge >= 0.3 is 6.18 Å². The molecule has 1 aliphatic heterocycles. The molecule has 0 spiro atoms. The Morgan fingerprint density at radius 3 is 2.68 bits per heavy atom. The fraction of sp³-hybridized carbons (Fsp3) is 0.571. The summed E-state index contributed by atoms with van der Waals surface area (Å²) in [7, 11) is 2.06. The molecule has 1 unspecified atom stereocenters. The first kappa shape index (κ1) is 14.3. The number of halogens is 3. The second kappa shape index (κ2) is 5.92. The second-order valence-corrected chi connectivity index (χ2v) is 5.06. The minimum absolute atomic E-state index is 0.264. The van der Waals surface area contributed by atoms with E-state index in [9.17, 15) is 13.2 Å². The minimum Gasteiger partial charge on any atom is -0.311 e. The van der Waals surface area contributed by atoms with Gasteiger partial charge in [-0.15, -0.1) is 0 Å². The number of hydrogen-bond donors (Lipinski definition) is 1. The first-order valence-electron chi connectivity index (χ1n) is 6.54. The molecule has 2 nitrogen and oxygen atoms in total.